The fourth-order valence-electron chi connectivity index (χ4n) is 3.17. The molecule has 1 fully saturated rings. The number of carbonyl (C=O) groups is 2. The summed E-state index contributed by atoms with van der Waals surface area (Å²) in [6.07, 6.45) is 1.50. The lowest BCUT2D eigenvalue weighted by atomic mass is 10.1. The maximum Gasteiger partial charge on any atom is 0.293 e. The van der Waals surface area contributed by atoms with Crippen molar-refractivity contribution < 1.29 is 18.7 Å². The molecule has 1 aliphatic rings. The summed E-state index contributed by atoms with van der Waals surface area (Å²) in [5.41, 5.74) is 1.45. The Morgan fingerprint density at radius 2 is 1.62 bits per heavy atom. The molecule has 3 aromatic carbocycles. The normalized spacial score (nSPS) is 14.9. The van der Waals surface area contributed by atoms with E-state index in [1.807, 2.05) is 0 Å². The van der Waals surface area contributed by atoms with Crippen molar-refractivity contribution in [3.63, 3.8) is 0 Å². The highest BCUT2D eigenvalue weighted by atomic mass is 35.5. The van der Waals surface area contributed by atoms with Crippen molar-refractivity contribution in [2.45, 2.75) is 13.2 Å². The van der Waals surface area contributed by atoms with Gasteiger partial charge in [-0.25, -0.2) is 4.39 Å². The van der Waals surface area contributed by atoms with Crippen LogP contribution in [0.2, 0.25) is 20.1 Å². The Morgan fingerprint density at radius 3 is 2.29 bits per heavy atom. The number of hydrogen-bond acceptors (Lipinski definition) is 4. The lowest BCUT2D eigenvalue weighted by Gasteiger charge is -2.13. The van der Waals surface area contributed by atoms with Gasteiger partial charge < -0.3 is 4.74 Å². The number of carbonyl (C=O) groups excluding carboxylic acids is 2. The number of halogens is 5. The molecular weight excluding hydrogens is 543 g/mol. The van der Waals surface area contributed by atoms with Gasteiger partial charge in [0.25, 0.3) is 11.1 Å². The van der Waals surface area contributed by atoms with E-state index >= 15 is 0 Å². The molecule has 1 aliphatic heterocycles. The first-order chi connectivity index (χ1) is 16.2. The molecule has 10 heteroatoms. The van der Waals surface area contributed by atoms with Gasteiger partial charge in [0.05, 0.1) is 21.5 Å². The Balaban J connectivity index is 1.51. The highest BCUT2D eigenvalue weighted by molar-refractivity contribution is 8.18. The molecule has 4 rings (SSSR count). The molecule has 0 saturated carbocycles. The van der Waals surface area contributed by atoms with Gasteiger partial charge in [-0.05, 0) is 53.7 Å². The summed E-state index contributed by atoms with van der Waals surface area (Å²) in [6, 6.07) is 14.1. The van der Waals surface area contributed by atoms with Crippen LogP contribution in [0.1, 0.15) is 16.7 Å². The third-order valence-electron chi connectivity index (χ3n) is 4.87. The minimum Gasteiger partial charge on any atom is -0.486 e. The van der Waals surface area contributed by atoms with Crippen molar-refractivity contribution in [3.05, 3.63) is 102 Å². The Bertz CT molecular complexity index is 1310. The zero-order valence-corrected chi connectivity index (χ0v) is 21.0. The van der Waals surface area contributed by atoms with Crippen LogP contribution in [-0.2, 0) is 17.9 Å². The van der Waals surface area contributed by atoms with Crippen LogP contribution in [0.5, 0.6) is 5.75 Å². The quantitative estimate of drug-likeness (QED) is 0.287. The van der Waals surface area contributed by atoms with E-state index in [1.165, 1.54) is 24.3 Å². The van der Waals surface area contributed by atoms with E-state index < -0.39 is 17.0 Å². The van der Waals surface area contributed by atoms with Gasteiger partial charge in [0.2, 0.25) is 0 Å². The maximum absolute atomic E-state index is 14.0. The number of hydrogen-bond donors (Lipinski definition) is 0. The first kappa shape index (κ1) is 24.9. The number of ether oxygens (including phenoxy) is 1. The molecule has 0 aromatic heterocycles. The van der Waals surface area contributed by atoms with Crippen molar-refractivity contribution in [3.8, 4) is 5.75 Å². The smallest absolute Gasteiger partial charge is 0.293 e. The van der Waals surface area contributed by atoms with Crippen molar-refractivity contribution in [2.75, 3.05) is 0 Å². The van der Waals surface area contributed by atoms with Crippen molar-refractivity contribution >= 4 is 75.4 Å². The van der Waals surface area contributed by atoms with Crippen LogP contribution in [-0.4, -0.2) is 16.0 Å². The molecule has 0 spiro atoms. The average Bonchev–Trinajstić information content (AvgIpc) is 3.03. The largest absolute Gasteiger partial charge is 0.486 e. The molecule has 0 N–H and O–H groups in total. The summed E-state index contributed by atoms with van der Waals surface area (Å²) >= 11 is 25.6. The van der Waals surface area contributed by atoms with E-state index in [0.717, 1.165) is 16.7 Å². The average molecular weight is 557 g/mol. The molecule has 1 saturated heterocycles. The summed E-state index contributed by atoms with van der Waals surface area (Å²) in [7, 11) is 0. The van der Waals surface area contributed by atoms with E-state index in [-0.39, 0.29) is 39.4 Å². The summed E-state index contributed by atoms with van der Waals surface area (Å²) < 4.78 is 19.7. The van der Waals surface area contributed by atoms with Crippen LogP contribution in [0.4, 0.5) is 9.18 Å². The van der Waals surface area contributed by atoms with E-state index in [4.69, 9.17) is 51.1 Å². The molecule has 34 heavy (non-hydrogen) atoms. The highest BCUT2D eigenvalue weighted by Crippen LogP contribution is 2.38. The molecular formula is C24H14Cl4FNO3S. The Morgan fingerprint density at radius 1 is 0.912 bits per heavy atom. The van der Waals surface area contributed by atoms with Crippen LogP contribution in [0, 0.1) is 5.82 Å². The number of rotatable bonds is 6. The second-order valence-corrected chi connectivity index (χ2v) is 9.85. The van der Waals surface area contributed by atoms with Crippen LogP contribution in [0.15, 0.2) is 59.5 Å². The highest BCUT2D eigenvalue weighted by Gasteiger charge is 2.35. The number of imide groups is 1. The number of amides is 2. The van der Waals surface area contributed by atoms with Gasteiger partial charge in [-0.15, -0.1) is 0 Å². The Kier molecular flexibility index (Phi) is 7.75. The van der Waals surface area contributed by atoms with Crippen LogP contribution >= 0.6 is 58.2 Å². The molecule has 0 radical (unpaired) electrons. The van der Waals surface area contributed by atoms with E-state index in [2.05, 4.69) is 0 Å². The zero-order valence-electron chi connectivity index (χ0n) is 17.2. The second-order valence-electron chi connectivity index (χ2n) is 7.20. The number of thioether (sulfide) groups is 1. The monoisotopic (exact) mass is 555 g/mol. The van der Waals surface area contributed by atoms with Crippen molar-refractivity contribution in [2.24, 2.45) is 0 Å². The first-order valence-electron chi connectivity index (χ1n) is 9.77. The number of nitrogens with zero attached hydrogens (tertiary/aromatic N) is 1. The van der Waals surface area contributed by atoms with Gasteiger partial charge in [0.15, 0.2) is 5.75 Å². The molecule has 0 aliphatic carbocycles. The third kappa shape index (κ3) is 5.53. The minimum atomic E-state index is -0.525. The Hall–Kier alpha value is -2.22. The van der Waals surface area contributed by atoms with E-state index in [1.54, 1.807) is 36.4 Å². The minimum absolute atomic E-state index is 0.115. The summed E-state index contributed by atoms with van der Waals surface area (Å²) in [6.45, 7) is -0.0417. The van der Waals surface area contributed by atoms with Gasteiger partial charge in [-0.1, -0.05) is 70.7 Å². The second kappa shape index (κ2) is 10.6. The predicted molar refractivity (Wildman–Crippen MR) is 135 cm³/mol. The van der Waals surface area contributed by atoms with E-state index in [0.29, 0.717) is 21.2 Å². The Labute approximate surface area is 219 Å². The molecule has 1 heterocycles. The number of benzene rings is 3. The van der Waals surface area contributed by atoms with Crippen LogP contribution in [0.3, 0.4) is 0 Å². The van der Waals surface area contributed by atoms with Crippen molar-refractivity contribution in [1.82, 2.24) is 4.90 Å². The van der Waals surface area contributed by atoms with Crippen molar-refractivity contribution in [1.29, 1.82) is 0 Å². The fourth-order valence-corrected chi connectivity index (χ4v) is 5.09. The van der Waals surface area contributed by atoms with Gasteiger partial charge in [0, 0.05) is 21.2 Å². The molecule has 4 nitrogen and oxygen atoms in total. The summed E-state index contributed by atoms with van der Waals surface area (Å²) in [5, 5.41) is 0.898. The fraction of sp³-hybridized carbons (Fsp3) is 0.0833. The van der Waals surface area contributed by atoms with Gasteiger partial charge in [-0.3, -0.25) is 14.5 Å². The summed E-state index contributed by atoms with van der Waals surface area (Å²) in [4.78, 5) is 26.3. The SMILES string of the molecule is O=C1S/C(=C\c2cc(Cl)c(OCc3ccc(Cl)cc3Cl)c(Cl)c2)C(=O)N1Cc1ccccc1F. The lowest BCUT2D eigenvalue weighted by Crippen LogP contribution is -2.27. The summed E-state index contributed by atoms with van der Waals surface area (Å²) in [5.74, 6) is -0.762. The molecule has 2 amide bonds. The molecule has 0 unspecified atom stereocenters. The molecule has 174 valence electrons. The predicted octanol–water partition coefficient (Wildman–Crippen LogP) is 8.25. The molecule has 3 aromatic rings. The van der Waals surface area contributed by atoms with Gasteiger partial charge in [-0.2, -0.15) is 0 Å². The van der Waals surface area contributed by atoms with E-state index in [9.17, 15) is 14.0 Å². The lowest BCUT2D eigenvalue weighted by molar-refractivity contribution is -0.123. The third-order valence-corrected chi connectivity index (χ3v) is 6.92. The van der Waals surface area contributed by atoms with Crippen LogP contribution < -0.4 is 4.74 Å². The topological polar surface area (TPSA) is 46.6 Å². The maximum atomic E-state index is 14.0. The molecule has 0 bridgehead atoms. The van der Waals surface area contributed by atoms with Gasteiger partial charge >= 0.3 is 0 Å². The molecule has 0 atom stereocenters. The first-order valence-corrected chi connectivity index (χ1v) is 12.1. The standard InChI is InChI=1S/C24H14Cl4FNO3S/c25-16-6-5-15(17(26)10-16)12-33-22-18(27)7-13(8-19(22)28)9-21-23(31)30(24(32)34-21)11-14-3-1-2-4-20(14)29/h1-10H,11-12H2/b21-9-. The zero-order chi connectivity index (χ0) is 24.4. The van der Waals surface area contributed by atoms with Crippen LogP contribution in [0.25, 0.3) is 6.08 Å². The van der Waals surface area contributed by atoms with Gasteiger partial charge in [0.1, 0.15) is 12.4 Å².